The molecule has 0 N–H and O–H groups in total. The molecule has 1 aliphatic rings. The van der Waals surface area contributed by atoms with E-state index in [2.05, 4.69) is 37.3 Å². The fourth-order valence-corrected chi connectivity index (χ4v) is 5.91. The molecule has 1 unspecified atom stereocenters. The third-order valence-electron chi connectivity index (χ3n) is 8.15. The van der Waals surface area contributed by atoms with Crippen molar-refractivity contribution in [2.24, 2.45) is 0 Å². The topological polar surface area (TPSA) is 66.5 Å². The maximum absolute atomic E-state index is 13.6. The lowest BCUT2D eigenvalue weighted by molar-refractivity contribution is -0.133. The van der Waals surface area contributed by atoms with E-state index in [0.29, 0.717) is 43.6 Å². The van der Waals surface area contributed by atoms with E-state index in [0.717, 1.165) is 48.3 Å². The lowest BCUT2D eigenvalue weighted by Gasteiger charge is -2.33. The Kier molecular flexibility index (Phi) is 11.2. The summed E-state index contributed by atoms with van der Waals surface area (Å²) in [7, 11) is 3.15. The molecule has 0 bridgehead atoms. The minimum absolute atomic E-state index is 0.0692. The minimum Gasteiger partial charge on any atom is -0.493 e. The Balaban J connectivity index is 1.36. The zero-order valence-electron chi connectivity index (χ0n) is 26.5. The van der Waals surface area contributed by atoms with Crippen LogP contribution >= 0.6 is 0 Å². The molecule has 0 fully saturated rings. The molecule has 5 rings (SSSR count). The molecule has 0 saturated carbocycles. The lowest BCUT2D eigenvalue weighted by Crippen LogP contribution is -2.39. The summed E-state index contributed by atoms with van der Waals surface area (Å²) < 4.78 is 29.8. The fraction of sp³-hybridized carbons (Fsp3) is 0.342. The number of fused-ring (bicyclic) bond motifs is 1. The van der Waals surface area contributed by atoms with Gasteiger partial charge in [-0.3, -0.25) is 4.79 Å². The molecule has 0 spiro atoms. The van der Waals surface area contributed by atoms with Crippen LogP contribution in [0.15, 0.2) is 91.0 Å². The van der Waals surface area contributed by atoms with Gasteiger partial charge in [0.25, 0.3) is 5.91 Å². The molecule has 236 valence electrons. The van der Waals surface area contributed by atoms with Gasteiger partial charge in [0.05, 0.1) is 14.2 Å². The van der Waals surface area contributed by atoms with Crippen molar-refractivity contribution in [1.29, 1.82) is 0 Å². The zero-order chi connectivity index (χ0) is 31.4. The second-order valence-corrected chi connectivity index (χ2v) is 11.2. The summed E-state index contributed by atoms with van der Waals surface area (Å²) in [6.07, 6.45) is 3.74. The maximum atomic E-state index is 13.6. The first-order valence-electron chi connectivity index (χ1n) is 15.7. The van der Waals surface area contributed by atoms with E-state index in [-0.39, 0.29) is 18.4 Å². The first-order valence-corrected chi connectivity index (χ1v) is 15.7. The van der Waals surface area contributed by atoms with E-state index in [1.165, 1.54) is 11.1 Å². The second kappa shape index (κ2) is 15.9. The maximum Gasteiger partial charge on any atom is 0.260 e. The number of para-hydroxylation sites is 1. The molecule has 0 radical (unpaired) electrons. The van der Waals surface area contributed by atoms with Crippen molar-refractivity contribution >= 4 is 5.91 Å². The Bertz CT molecular complexity index is 1500. The molecule has 0 aliphatic heterocycles. The van der Waals surface area contributed by atoms with Crippen molar-refractivity contribution in [2.75, 3.05) is 33.9 Å². The molecular weight excluding hydrogens is 566 g/mol. The van der Waals surface area contributed by atoms with Crippen molar-refractivity contribution in [3.05, 3.63) is 113 Å². The molecule has 4 aromatic rings. The van der Waals surface area contributed by atoms with E-state index >= 15 is 0 Å². The molecule has 1 amide bonds. The van der Waals surface area contributed by atoms with Crippen LogP contribution in [0.5, 0.6) is 28.7 Å². The number of hydrogen-bond donors (Lipinski definition) is 0. The number of methoxy groups -OCH3 is 2. The van der Waals surface area contributed by atoms with Crippen molar-refractivity contribution in [3.8, 4) is 28.7 Å². The second-order valence-electron chi connectivity index (χ2n) is 11.2. The number of benzene rings is 4. The van der Waals surface area contributed by atoms with Gasteiger partial charge >= 0.3 is 0 Å². The van der Waals surface area contributed by atoms with E-state index in [4.69, 9.17) is 23.7 Å². The van der Waals surface area contributed by atoms with Gasteiger partial charge in [-0.05, 0) is 60.6 Å². The summed E-state index contributed by atoms with van der Waals surface area (Å²) in [5.41, 5.74) is 4.59. The molecule has 7 nitrogen and oxygen atoms in total. The highest BCUT2D eigenvalue weighted by atomic mass is 16.5. The number of nitrogens with zero attached hydrogens (tertiary/aromatic N) is 1. The van der Waals surface area contributed by atoms with Gasteiger partial charge in [0.15, 0.2) is 29.6 Å². The molecule has 7 heteroatoms. The lowest BCUT2D eigenvalue weighted by atomic mass is 9.81. The van der Waals surface area contributed by atoms with Crippen molar-refractivity contribution < 1.29 is 28.5 Å². The van der Waals surface area contributed by atoms with E-state index in [1.807, 2.05) is 53.4 Å². The zero-order valence-corrected chi connectivity index (χ0v) is 26.5. The largest absolute Gasteiger partial charge is 0.493 e. The average molecular weight is 610 g/mol. The number of rotatable bonds is 15. The van der Waals surface area contributed by atoms with Crippen LogP contribution in [-0.4, -0.2) is 44.7 Å². The quantitative estimate of drug-likeness (QED) is 0.138. The van der Waals surface area contributed by atoms with Crippen LogP contribution in [0.2, 0.25) is 0 Å². The van der Waals surface area contributed by atoms with Gasteiger partial charge in [0, 0.05) is 24.6 Å². The Morgan fingerprint density at radius 1 is 0.733 bits per heavy atom. The smallest absolute Gasteiger partial charge is 0.260 e. The molecule has 0 aromatic heterocycles. The van der Waals surface area contributed by atoms with E-state index in [9.17, 15) is 4.79 Å². The summed E-state index contributed by atoms with van der Waals surface area (Å²) in [6.45, 7) is 4.15. The summed E-state index contributed by atoms with van der Waals surface area (Å²) in [6, 6.07) is 30.0. The molecule has 0 heterocycles. The summed E-state index contributed by atoms with van der Waals surface area (Å²) >= 11 is 0. The Hall–Kier alpha value is -4.65. The van der Waals surface area contributed by atoms with Gasteiger partial charge in [-0.15, -0.1) is 0 Å². The van der Waals surface area contributed by atoms with Crippen LogP contribution in [0, 0.1) is 0 Å². The highest BCUT2D eigenvalue weighted by Gasteiger charge is 2.29. The number of hydrogen-bond acceptors (Lipinski definition) is 6. The Labute approximate surface area is 266 Å². The van der Waals surface area contributed by atoms with Crippen LogP contribution in [0.4, 0.5) is 0 Å². The number of ether oxygens (including phenoxy) is 5. The SMILES string of the molecule is CCCN(CC1CCCc2c1ccc(OCc1ccccc1)c2OCc1ccccc1)C(=O)COc1c(OC)cccc1OC. The van der Waals surface area contributed by atoms with Gasteiger partial charge in [0.1, 0.15) is 13.2 Å². The summed E-state index contributed by atoms with van der Waals surface area (Å²) in [5.74, 6) is 3.13. The van der Waals surface area contributed by atoms with Crippen LogP contribution in [0.25, 0.3) is 0 Å². The standard InChI is InChI=1S/C38H43NO6/c1-4-23-39(36(40)27-45-38-33(41-2)19-12-20-34(38)42-3)24-30-17-11-18-32-31(30)21-22-35(43-25-28-13-7-5-8-14-28)37(32)44-26-29-15-9-6-10-16-29/h5-10,12-16,19-22,30H,4,11,17-18,23-27H2,1-3H3. The minimum atomic E-state index is -0.103. The van der Waals surface area contributed by atoms with Crippen molar-refractivity contribution in [1.82, 2.24) is 4.90 Å². The Morgan fingerprint density at radius 2 is 1.38 bits per heavy atom. The van der Waals surface area contributed by atoms with Gasteiger partial charge in [0.2, 0.25) is 5.75 Å². The van der Waals surface area contributed by atoms with Crippen molar-refractivity contribution in [3.63, 3.8) is 0 Å². The van der Waals surface area contributed by atoms with E-state index < -0.39 is 0 Å². The number of carbonyl (C=O) groups excluding carboxylic acids is 1. The van der Waals surface area contributed by atoms with Crippen LogP contribution in [0.1, 0.15) is 54.4 Å². The molecule has 45 heavy (non-hydrogen) atoms. The molecule has 4 aromatic carbocycles. The molecular formula is C38H43NO6. The Morgan fingerprint density at radius 3 is 2.00 bits per heavy atom. The highest BCUT2D eigenvalue weighted by molar-refractivity contribution is 5.78. The predicted octanol–water partition coefficient (Wildman–Crippen LogP) is 7.60. The van der Waals surface area contributed by atoms with Gasteiger partial charge in [-0.1, -0.05) is 79.7 Å². The fourth-order valence-electron chi connectivity index (χ4n) is 5.91. The number of amides is 1. The molecule has 1 aliphatic carbocycles. The van der Waals surface area contributed by atoms with Gasteiger partial charge in [-0.2, -0.15) is 0 Å². The normalized spacial score (nSPS) is 13.8. The van der Waals surface area contributed by atoms with Crippen molar-refractivity contribution in [2.45, 2.75) is 51.7 Å². The van der Waals surface area contributed by atoms with E-state index in [1.54, 1.807) is 26.4 Å². The third-order valence-corrected chi connectivity index (χ3v) is 8.15. The first kappa shape index (κ1) is 31.8. The van der Waals surface area contributed by atoms with Gasteiger partial charge in [-0.25, -0.2) is 0 Å². The monoisotopic (exact) mass is 609 g/mol. The van der Waals surface area contributed by atoms with Crippen LogP contribution in [-0.2, 0) is 24.4 Å². The summed E-state index contributed by atoms with van der Waals surface area (Å²) in [4.78, 5) is 15.5. The predicted molar refractivity (Wildman–Crippen MR) is 176 cm³/mol. The third kappa shape index (κ3) is 8.09. The first-order chi connectivity index (χ1) is 22.1. The summed E-state index contributed by atoms with van der Waals surface area (Å²) in [5, 5.41) is 0. The highest BCUT2D eigenvalue weighted by Crippen LogP contribution is 2.43. The van der Waals surface area contributed by atoms with Gasteiger partial charge < -0.3 is 28.6 Å². The van der Waals surface area contributed by atoms with Crippen LogP contribution in [0.3, 0.4) is 0 Å². The van der Waals surface area contributed by atoms with Crippen LogP contribution < -0.4 is 23.7 Å². The number of carbonyl (C=O) groups is 1. The average Bonchev–Trinajstić information content (AvgIpc) is 3.09. The molecule has 0 saturated heterocycles. The molecule has 1 atom stereocenters.